The maximum Gasteiger partial charge on any atom is 0.123 e. The Labute approximate surface area is 107 Å². The van der Waals surface area contributed by atoms with Crippen molar-refractivity contribution in [3.05, 3.63) is 57.0 Å². The molecule has 0 aliphatic heterocycles. The van der Waals surface area contributed by atoms with Crippen LogP contribution >= 0.6 is 27.3 Å². The van der Waals surface area contributed by atoms with Crippen molar-refractivity contribution in [2.75, 3.05) is 0 Å². The molecule has 2 aromatic rings. The third kappa shape index (κ3) is 2.20. The first-order valence-electron chi connectivity index (χ1n) is 5.02. The van der Waals surface area contributed by atoms with E-state index in [-0.39, 0.29) is 10.6 Å². The van der Waals surface area contributed by atoms with Crippen LogP contribution in [0.15, 0.2) is 29.0 Å². The van der Waals surface area contributed by atoms with Gasteiger partial charge in [0, 0.05) is 0 Å². The Kier molecular flexibility index (Phi) is 3.45. The van der Waals surface area contributed by atoms with Crippen molar-refractivity contribution in [2.45, 2.75) is 18.7 Å². The Morgan fingerprint density at radius 2 is 1.88 bits per heavy atom. The van der Waals surface area contributed by atoms with Crippen molar-refractivity contribution >= 4 is 27.3 Å². The second-order valence-electron chi connectivity index (χ2n) is 3.87. The second-order valence-corrected chi connectivity index (χ2v) is 5.57. The molecule has 0 amide bonds. The van der Waals surface area contributed by atoms with Crippen molar-refractivity contribution in [3.63, 3.8) is 0 Å². The van der Waals surface area contributed by atoms with Gasteiger partial charge in [0.2, 0.25) is 0 Å². The maximum atomic E-state index is 13.2. The van der Waals surface area contributed by atoms with Crippen LogP contribution in [0.2, 0.25) is 0 Å². The van der Waals surface area contributed by atoms with E-state index >= 15 is 0 Å². The average Bonchev–Trinajstić information content (AvgIpc) is 2.67. The topological polar surface area (TPSA) is 0 Å². The summed E-state index contributed by atoms with van der Waals surface area (Å²) < 4.78 is 13.2. The van der Waals surface area contributed by atoms with Crippen molar-refractivity contribution in [1.29, 1.82) is 0 Å². The summed E-state index contributed by atoms with van der Waals surface area (Å²) in [7, 11) is 0. The van der Waals surface area contributed by atoms with Gasteiger partial charge >= 0.3 is 0 Å². The summed E-state index contributed by atoms with van der Waals surface area (Å²) in [4.78, 5) is 0.152. The molecule has 0 N–H and O–H groups in total. The van der Waals surface area contributed by atoms with Gasteiger partial charge < -0.3 is 0 Å². The minimum absolute atomic E-state index is 0.152. The number of hydrogen-bond acceptors (Lipinski definition) is 1. The fraction of sp³-hybridized carbons (Fsp3) is 0.231. The summed E-state index contributed by atoms with van der Waals surface area (Å²) in [6.07, 6.45) is 0. The first-order valence-corrected chi connectivity index (χ1v) is 6.88. The largest absolute Gasteiger partial charge is 0.207 e. The molecule has 1 aromatic carbocycles. The lowest BCUT2D eigenvalue weighted by atomic mass is 9.97. The van der Waals surface area contributed by atoms with Gasteiger partial charge in [-0.15, -0.1) is 0 Å². The summed E-state index contributed by atoms with van der Waals surface area (Å²) in [5, 5.41) is 4.17. The predicted molar refractivity (Wildman–Crippen MR) is 71.0 cm³/mol. The molecule has 84 valence electrons. The maximum absolute atomic E-state index is 13.2. The van der Waals surface area contributed by atoms with Gasteiger partial charge in [0.1, 0.15) is 5.82 Å². The summed E-state index contributed by atoms with van der Waals surface area (Å²) >= 11 is 5.36. The Balaban J connectivity index is 2.48. The molecule has 0 radical (unpaired) electrons. The highest BCUT2D eigenvalue weighted by Crippen LogP contribution is 2.36. The average molecular weight is 299 g/mol. The number of hydrogen-bond donors (Lipinski definition) is 0. The lowest BCUT2D eigenvalue weighted by Gasteiger charge is -2.15. The van der Waals surface area contributed by atoms with Crippen molar-refractivity contribution in [2.24, 2.45) is 0 Å². The van der Waals surface area contributed by atoms with E-state index in [1.807, 2.05) is 13.8 Å². The van der Waals surface area contributed by atoms with Crippen molar-refractivity contribution in [3.8, 4) is 0 Å². The van der Waals surface area contributed by atoms with E-state index in [1.165, 1.54) is 11.1 Å². The molecule has 1 aromatic heterocycles. The molecule has 0 aliphatic carbocycles. The fourth-order valence-electron chi connectivity index (χ4n) is 1.91. The van der Waals surface area contributed by atoms with Gasteiger partial charge in [0.15, 0.2) is 0 Å². The zero-order chi connectivity index (χ0) is 11.7. The molecule has 0 saturated heterocycles. The number of alkyl halides is 1. The van der Waals surface area contributed by atoms with Gasteiger partial charge in [-0.2, -0.15) is 11.3 Å². The first-order chi connectivity index (χ1) is 7.59. The predicted octanol–water partition coefficient (Wildman–Crippen LogP) is 4.99. The number of aryl methyl sites for hydroxylation is 2. The monoisotopic (exact) mass is 298 g/mol. The molecule has 0 aliphatic rings. The normalized spacial score (nSPS) is 12.8. The summed E-state index contributed by atoms with van der Waals surface area (Å²) in [5.74, 6) is -0.163. The van der Waals surface area contributed by atoms with Gasteiger partial charge in [0.05, 0.1) is 4.83 Å². The SMILES string of the molecule is Cc1cc(F)cc(C)c1C(Br)c1ccsc1. The molecule has 3 heteroatoms. The molecule has 1 unspecified atom stereocenters. The Hall–Kier alpha value is -0.670. The lowest BCUT2D eigenvalue weighted by Crippen LogP contribution is -1.99. The molecule has 0 saturated carbocycles. The van der Waals surface area contributed by atoms with Crippen molar-refractivity contribution in [1.82, 2.24) is 0 Å². The standard InChI is InChI=1S/C13H12BrFS/c1-8-5-11(15)6-9(2)12(8)13(14)10-3-4-16-7-10/h3-7,13H,1-2H3. The Bertz CT molecular complexity index is 468. The highest BCUT2D eigenvalue weighted by molar-refractivity contribution is 9.09. The van der Waals surface area contributed by atoms with Gasteiger partial charge in [-0.3, -0.25) is 0 Å². The minimum atomic E-state index is -0.163. The summed E-state index contributed by atoms with van der Waals surface area (Å²) in [6, 6.07) is 5.26. The molecule has 1 atom stereocenters. The van der Waals surface area contributed by atoms with Gasteiger partial charge in [-0.1, -0.05) is 15.9 Å². The Morgan fingerprint density at radius 1 is 1.25 bits per heavy atom. The van der Waals surface area contributed by atoms with Crippen LogP contribution < -0.4 is 0 Å². The fourth-order valence-corrected chi connectivity index (χ4v) is 3.78. The van der Waals surface area contributed by atoms with Crippen LogP contribution in [0, 0.1) is 19.7 Å². The van der Waals surface area contributed by atoms with Crippen LogP contribution in [0.1, 0.15) is 27.1 Å². The van der Waals surface area contributed by atoms with Gasteiger partial charge in [-0.05, 0) is 65.1 Å². The quantitative estimate of drug-likeness (QED) is 0.685. The minimum Gasteiger partial charge on any atom is -0.207 e. The van der Waals surface area contributed by atoms with Crippen LogP contribution in [0.4, 0.5) is 4.39 Å². The van der Waals surface area contributed by atoms with E-state index in [4.69, 9.17) is 0 Å². The van der Waals surface area contributed by atoms with E-state index in [2.05, 4.69) is 32.8 Å². The zero-order valence-corrected chi connectivity index (χ0v) is 11.5. The van der Waals surface area contributed by atoms with Crippen LogP contribution in [0.5, 0.6) is 0 Å². The number of benzene rings is 1. The van der Waals surface area contributed by atoms with Crippen molar-refractivity contribution < 1.29 is 4.39 Å². The second kappa shape index (κ2) is 4.68. The van der Waals surface area contributed by atoms with Gasteiger partial charge in [-0.25, -0.2) is 4.39 Å². The zero-order valence-electron chi connectivity index (χ0n) is 9.13. The highest BCUT2D eigenvalue weighted by atomic mass is 79.9. The van der Waals surface area contributed by atoms with Gasteiger partial charge in [0.25, 0.3) is 0 Å². The molecule has 0 nitrogen and oxygen atoms in total. The summed E-state index contributed by atoms with van der Waals surface area (Å²) in [5.41, 5.74) is 4.37. The lowest BCUT2D eigenvalue weighted by molar-refractivity contribution is 0.624. The van der Waals surface area contributed by atoms with E-state index in [1.54, 1.807) is 23.5 Å². The van der Waals surface area contributed by atoms with Crippen LogP contribution in [0.25, 0.3) is 0 Å². The van der Waals surface area contributed by atoms with Crippen LogP contribution in [-0.2, 0) is 0 Å². The van der Waals surface area contributed by atoms with E-state index < -0.39 is 0 Å². The van der Waals surface area contributed by atoms with E-state index in [0.29, 0.717) is 0 Å². The number of rotatable bonds is 2. The third-order valence-electron chi connectivity index (χ3n) is 2.65. The highest BCUT2D eigenvalue weighted by Gasteiger charge is 2.16. The molecule has 0 spiro atoms. The Morgan fingerprint density at radius 3 is 2.38 bits per heavy atom. The summed E-state index contributed by atoms with van der Waals surface area (Å²) in [6.45, 7) is 3.90. The molecule has 2 rings (SSSR count). The molecule has 1 heterocycles. The van der Waals surface area contributed by atoms with Crippen LogP contribution in [0.3, 0.4) is 0 Å². The van der Waals surface area contributed by atoms with Crippen LogP contribution in [-0.4, -0.2) is 0 Å². The third-order valence-corrected chi connectivity index (χ3v) is 4.34. The molecule has 16 heavy (non-hydrogen) atoms. The van der Waals surface area contributed by atoms with E-state index in [9.17, 15) is 4.39 Å². The molecule has 0 fully saturated rings. The van der Waals surface area contributed by atoms with E-state index in [0.717, 1.165) is 11.1 Å². The first kappa shape index (κ1) is 11.8. The molecular weight excluding hydrogens is 287 g/mol. The molecule has 0 bridgehead atoms. The number of halogens is 2. The number of thiophene rings is 1. The molecular formula is C13H12BrFS. The smallest absolute Gasteiger partial charge is 0.123 e.